The predicted molar refractivity (Wildman–Crippen MR) is 125 cm³/mol. The molecule has 1 heterocycles. The molecule has 4 rings (SSSR count). The maximum atomic E-state index is 12.9. The van der Waals surface area contributed by atoms with Gasteiger partial charge in [-0.25, -0.2) is 4.79 Å². The smallest absolute Gasteiger partial charge is 0.335 e. The molecule has 0 atom stereocenters. The number of rotatable bonds is 6. The average Bonchev–Trinajstić information content (AvgIpc) is 3.11. The van der Waals surface area contributed by atoms with Gasteiger partial charge in [-0.2, -0.15) is 15.2 Å². The number of hydrazone groups is 2. The summed E-state index contributed by atoms with van der Waals surface area (Å²) in [4.78, 5) is 24.1. The van der Waals surface area contributed by atoms with E-state index in [0.29, 0.717) is 28.3 Å². The number of para-hydroxylation sites is 1. The Kier molecular flexibility index (Phi) is 5.77. The quantitative estimate of drug-likeness (QED) is 0.391. The topological polar surface area (TPSA) is 124 Å². The number of hydrogen-bond donors (Lipinski definition) is 3. The van der Waals surface area contributed by atoms with Crippen LogP contribution in [-0.2, 0) is 4.79 Å². The highest BCUT2D eigenvalue weighted by Gasteiger charge is 2.31. The summed E-state index contributed by atoms with van der Waals surface area (Å²) in [5.41, 5.74) is 5.11. The molecule has 0 saturated heterocycles. The van der Waals surface area contributed by atoms with E-state index in [0.717, 1.165) is 0 Å². The summed E-state index contributed by atoms with van der Waals surface area (Å²) in [6.45, 7) is 1.66. The van der Waals surface area contributed by atoms with Gasteiger partial charge in [-0.15, -0.1) is 0 Å². The molecule has 0 fully saturated rings. The van der Waals surface area contributed by atoms with E-state index in [-0.39, 0.29) is 22.7 Å². The van der Waals surface area contributed by atoms with Gasteiger partial charge in [0.2, 0.25) is 0 Å². The minimum Gasteiger partial charge on any atom is -0.505 e. The van der Waals surface area contributed by atoms with Gasteiger partial charge in [0.05, 0.1) is 29.8 Å². The fourth-order valence-electron chi connectivity index (χ4n) is 3.33. The number of carboxylic acids is 1. The molecule has 0 saturated carbocycles. The summed E-state index contributed by atoms with van der Waals surface area (Å²) < 4.78 is 5.13. The van der Waals surface area contributed by atoms with Crippen LogP contribution in [0.15, 0.2) is 76.9 Å². The molecule has 9 nitrogen and oxygen atoms in total. The lowest BCUT2D eigenvalue weighted by Gasteiger charge is -2.12. The first kappa shape index (κ1) is 21.6. The second-order valence-electron chi connectivity index (χ2n) is 7.16. The Morgan fingerprint density at radius 3 is 2.52 bits per heavy atom. The zero-order valence-corrected chi connectivity index (χ0v) is 17.8. The molecule has 33 heavy (non-hydrogen) atoms. The van der Waals surface area contributed by atoms with Crippen LogP contribution in [0.3, 0.4) is 0 Å². The summed E-state index contributed by atoms with van der Waals surface area (Å²) in [6, 6.07) is 18.1. The van der Waals surface area contributed by atoms with Gasteiger partial charge < -0.3 is 14.9 Å². The summed E-state index contributed by atoms with van der Waals surface area (Å²) in [5, 5.41) is 29.6. The van der Waals surface area contributed by atoms with E-state index in [9.17, 15) is 19.8 Å². The van der Waals surface area contributed by atoms with Crippen LogP contribution < -0.4 is 15.2 Å². The van der Waals surface area contributed by atoms with Crippen LogP contribution in [0, 0.1) is 0 Å². The number of phenols is 1. The van der Waals surface area contributed by atoms with Crippen LogP contribution >= 0.6 is 0 Å². The number of nitrogens with one attached hydrogen (secondary N) is 1. The highest BCUT2D eigenvalue weighted by molar-refractivity contribution is 6.71. The summed E-state index contributed by atoms with van der Waals surface area (Å²) in [7, 11) is 1.56. The van der Waals surface area contributed by atoms with Crippen LogP contribution in [0.1, 0.15) is 17.3 Å². The summed E-state index contributed by atoms with van der Waals surface area (Å²) in [6.07, 6.45) is 0. The highest BCUT2D eigenvalue weighted by Crippen LogP contribution is 2.36. The monoisotopic (exact) mass is 444 g/mol. The van der Waals surface area contributed by atoms with Gasteiger partial charge in [0.15, 0.2) is 5.71 Å². The van der Waals surface area contributed by atoms with E-state index in [4.69, 9.17) is 4.74 Å². The molecule has 0 aromatic heterocycles. The lowest BCUT2D eigenvalue weighted by molar-refractivity contribution is -0.112. The molecule has 1 aliphatic heterocycles. The lowest BCUT2D eigenvalue weighted by atomic mass is 10.0. The van der Waals surface area contributed by atoms with Crippen molar-refractivity contribution in [1.82, 2.24) is 0 Å². The SMILES string of the molecule is COc1ccc(N2N=C(C)/C(=N/Nc3cccc(-c4cccc(C(=O)O)c4)c3O)C2=O)cc1. The van der Waals surface area contributed by atoms with Crippen molar-refractivity contribution in [1.29, 1.82) is 0 Å². The van der Waals surface area contributed by atoms with E-state index in [2.05, 4.69) is 15.6 Å². The molecule has 0 radical (unpaired) electrons. The molecule has 3 aromatic carbocycles. The second-order valence-corrected chi connectivity index (χ2v) is 7.16. The van der Waals surface area contributed by atoms with Crippen LogP contribution in [0.5, 0.6) is 11.5 Å². The zero-order chi connectivity index (χ0) is 23.5. The average molecular weight is 444 g/mol. The van der Waals surface area contributed by atoms with Crippen molar-refractivity contribution in [3.8, 4) is 22.6 Å². The first-order valence-corrected chi connectivity index (χ1v) is 9.92. The number of aromatic carboxylic acids is 1. The third kappa shape index (κ3) is 4.24. The molecule has 0 aliphatic carbocycles. The molecule has 3 N–H and O–H groups in total. The molecule has 1 aliphatic rings. The van der Waals surface area contributed by atoms with Gasteiger partial charge in [-0.1, -0.05) is 24.3 Å². The Balaban J connectivity index is 1.59. The number of nitrogens with zero attached hydrogens (tertiary/aromatic N) is 3. The molecule has 1 amide bonds. The Labute approximate surface area is 189 Å². The van der Waals surface area contributed by atoms with Gasteiger partial charge in [0.1, 0.15) is 11.5 Å². The van der Waals surface area contributed by atoms with Crippen LogP contribution in [0.4, 0.5) is 11.4 Å². The van der Waals surface area contributed by atoms with Gasteiger partial charge >= 0.3 is 11.9 Å². The summed E-state index contributed by atoms with van der Waals surface area (Å²) in [5.74, 6) is -0.953. The number of benzene rings is 3. The first-order chi connectivity index (χ1) is 15.9. The van der Waals surface area contributed by atoms with Crippen molar-refractivity contribution in [2.45, 2.75) is 6.92 Å². The second kappa shape index (κ2) is 8.83. The predicted octanol–water partition coefficient (Wildman–Crippen LogP) is 3.96. The fraction of sp³-hybridized carbons (Fsp3) is 0.0833. The fourth-order valence-corrected chi connectivity index (χ4v) is 3.33. The van der Waals surface area contributed by atoms with E-state index >= 15 is 0 Å². The van der Waals surface area contributed by atoms with Crippen LogP contribution in [0.25, 0.3) is 11.1 Å². The van der Waals surface area contributed by atoms with Gasteiger partial charge in [0.25, 0.3) is 0 Å². The van der Waals surface area contributed by atoms with Crippen molar-refractivity contribution in [2.75, 3.05) is 17.5 Å². The number of anilines is 2. The minimum atomic E-state index is -1.06. The third-order valence-corrected chi connectivity index (χ3v) is 5.05. The maximum Gasteiger partial charge on any atom is 0.335 e. The van der Waals surface area contributed by atoms with Gasteiger partial charge in [-0.05, 0) is 55.0 Å². The Morgan fingerprint density at radius 2 is 1.82 bits per heavy atom. The molecule has 166 valence electrons. The number of carboxylic acid groups (broad SMARTS) is 1. The van der Waals surface area contributed by atoms with Crippen molar-refractivity contribution in [3.05, 3.63) is 72.3 Å². The van der Waals surface area contributed by atoms with Crippen molar-refractivity contribution in [2.24, 2.45) is 10.2 Å². The number of phenolic OH excluding ortho intramolecular Hbond substituents is 1. The number of carbonyl (C=O) groups is 2. The van der Waals surface area contributed by atoms with Crippen molar-refractivity contribution < 1.29 is 24.5 Å². The normalized spacial score (nSPS) is 14.4. The number of hydrogen-bond acceptors (Lipinski definition) is 7. The maximum absolute atomic E-state index is 12.9. The van der Waals surface area contributed by atoms with Crippen molar-refractivity contribution >= 4 is 34.7 Å². The van der Waals surface area contributed by atoms with Gasteiger partial charge in [-0.3, -0.25) is 10.2 Å². The molecule has 0 unspecified atom stereocenters. The first-order valence-electron chi connectivity index (χ1n) is 9.92. The Hall–Kier alpha value is -4.66. The van der Waals surface area contributed by atoms with Crippen LogP contribution in [0.2, 0.25) is 0 Å². The largest absolute Gasteiger partial charge is 0.505 e. The van der Waals surface area contributed by atoms with Gasteiger partial charge in [0, 0.05) is 5.56 Å². The molecule has 3 aromatic rings. The number of aromatic hydroxyl groups is 1. The molecule has 9 heteroatoms. The highest BCUT2D eigenvalue weighted by atomic mass is 16.5. The standard InChI is InChI=1S/C24H20N4O5/c1-14-21(23(30)28(27-14)17-9-11-18(33-2)12-10-17)26-25-20-8-4-7-19(22(20)29)15-5-3-6-16(13-15)24(31)32/h3-13,25,29H,1-2H3,(H,31,32)/b26-21-. The molecular formula is C24H20N4O5. The van der Waals surface area contributed by atoms with Crippen molar-refractivity contribution in [3.63, 3.8) is 0 Å². The van der Waals surface area contributed by atoms with E-state index in [1.807, 2.05) is 0 Å². The zero-order valence-electron chi connectivity index (χ0n) is 17.8. The third-order valence-electron chi connectivity index (χ3n) is 5.05. The van der Waals surface area contributed by atoms with E-state index in [1.165, 1.54) is 17.1 Å². The molecule has 0 bridgehead atoms. The number of carbonyl (C=O) groups excluding carboxylic acids is 1. The molecule has 0 spiro atoms. The molecular weight excluding hydrogens is 424 g/mol. The summed E-state index contributed by atoms with van der Waals surface area (Å²) >= 11 is 0. The van der Waals surface area contributed by atoms with E-state index in [1.54, 1.807) is 68.6 Å². The lowest BCUT2D eigenvalue weighted by Crippen LogP contribution is -2.27. The Bertz CT molecular complexity index is 1300. The number of methoxy groups -OCH3 is 1. The van der Waals surface area contributed by atoms with E-state index < -0.39 is 11.9 Å². The number of amides is 1. The number of ether oxygens (including phenoxy) is 1. The minimum absolute atomic E-state index is 0.100. The van der Waals surface area contributed by atoms with Crippen LogP contribution in [-0.4, -0.2) is 40.6 Å². The Morgan fingerprint density at radius 1 is 1.09 bits per heavy atom.